The first kappa shape index (κ1) is 32.2. The summed E-state index contributed by atoms with van der Waals surface area (Å²) in [5.74, 6) is 0. The van der Waals surface area contributed by atoms with Crippen molar-refractivity contribution in [2.24, 2.45) is 0 Å². The fourth-order valence-electron chi connectivity index (χ4n) is 0. The Kier molecular flexibility index (Phi) is 1330. The lowest BCUT2D eigenvalue weighted by Gasteiger charge is -1.02. The van der Waals surface area contributed by atoms with Crippen molar-refractivity contribution in [1.29, 1.82) is 16.2 Å². The SMILES string of the molecule is C=C.N=C=O.N=C=O.N=C=O.[SiH4]. The highest BCUT2D eigenvalue weighted by Crippen LogP contribution is 0.875. The maximum atomic E-state index is 8.35. The smallest absolute Gasteiger partial charge is 0.222 e. The van der Waals surface area contributed by atoms with E-state index >= 15 is 0 Å². The molecule has 0 aromatic carbocycles. The topological polar surface area (TPSA) is 123 Å². The molecule has 0 aliphatic rings. The molecule has 6 nitrogen and oxygen atoms in total. The fraction of sp³-hybridized carbons (Fsp3) is 0. The van der Waals surface area contributed by atoms with Gasteiger partial charge in [0, 0.05) is 0 Å². The van der Waals surface area contributed by atoms with Crippen LogP contribution in [0.2, 0.25) is 0 Å². The molecule has 0 atom stereocenters. The first-order valence-corrected chi connectivity index (χ1v) is 1.86. The Morgan fingerprint density at radius 2 is 0.750 bits per heavy atom. The molecule has 0 aromatic rings. The molecule has 68 valence electrons. The van der Waals surface area contributed by atoms with Gasteiger partial charge in [-0.15, -0.1) is 13.2 Å². The molecule has 0 unspecified atom stereocenters. The van der Waals surface area contributed by atoms with Gasteiger partial charge in [-0.3, -0.25) is 0 Å². The van der Waals surface area contributed by atoms with Crippen LogP contribution in [0.3, 0.4) is 0 Å². The van der Waals surface area contributed by atoms with E-state index < -0.39 is 0 Å². The van der Waals surface area contributed by atoms with E-state index in [-0.39, 0.29) is 11.0 Å². The molecule has 0 aliphatic carbocycles. The van der Waals surface area contributed by atoms with Crippen molar-refractivity contribution < 1.29 is 14.4 Å². The van der Waals surface area contributed by atoms with Crippen molar-refractivity contribution in [3.63, 3.8) is 0 Å². The van der Waals surface area contributed by atoms with Gasteiger partial charge in [0.05, 0.1) is 0 Å². The maximum Gasteiger partial charge on any atom is 0.231 e. The van der Waals surface area contributed by atoms with Crippen molar-refractivity contribution in [3.05, 3.63) is 13.2 Å². The monoisotopic (exact) mass is 189 g/mol. The molecule has 0 amide bonds. The molecule has 12 heavy (non-hydrogen) atoms. The Bertz CT molecular complexity index is 125. The van der Waals surface area contributed by atoms with Crippen LogP contribution in [0.5, 0.6) is 0 Å². The van der Waals surface area contributed by atoms with Crippen molar-refractivity contribution in [3.8, 4) is 0 Å². The summed E-state index contributed by atoms with van der Waals surface area (Å²) in [6.45, 7) is 6.00. The molecular weight excluding hydrogens is 178 g/mol. The van der Waals surface area contributed by atoms with E-state index in [4.69, 9.17) is 30.6 Å². The van der Waals surface area contributed by atoms with Crippen molar-refractivity contribution in [2.75, 3.05) is 0 Å². The number of isocyanates is 3. The summed E-state index contributed by atoms with van der Waals surface area (Å²) in [6, 6.07) is 0. The molecular formula is C5H11N3O3Si. The quantitative estimate of drug-likeness (QED) is 0.197. The summed E-state index contributed by atoms with van der Waals surface area (Å²) in [5.41, 5.74) is 0. The molecule has 0 aliphatic heterocycles. The Morgan fingerprint density at radius 1 is 0.750 bits per heavy atom. The van der Waals surface area contributed by atoms with E-state index in [2.05, 4.69) is 13.2 Å². The minimum absolute atomic E-state index is 0. The van der Waals surface area contributed by atoms with Crippen LogP contribution in [-0.2, 0) is 14.4 Å². The third-order valence-corrected chi connectivity index (χ3v) is 0. The van der Waals surface area contributed by atoms with Crippen LogP contribution in [0.25, 0.3) is 0 Å². The van der Waals surface area contributed by atoms with Gasteiger partial charge in [-0.25, -0.2) is 30.6 Å². The fourth-order valence-corrected chi connectivity index (χ4v) is 0. The van der Waals surface area contributed by atoms with Crippen LogP contribution in [0, 0.1) is 16.2 Å². The molecule has 0 aromatic heterocycles. The van der Waals surface area contributed by atoms with E-state index in [0.717, 1.165) is 18.2 Å². The standard InChI is InChI=1S/C2H4.3CHNO.H4Si/c1-2;3*2-1-3;/h1-2H2;3*2H;1H4. The van der Waals surface area contributed by atoms with Crippen molar-refractivity contribution in [2.45, 2.75) is 0 Å². The van der Waals surface area contributed by atoms with E-state index in [9.17, 15) is 0 Å². The van der Waals surface area contributed by atoms with Gasteiger partial charge in [-0.05, 0) is 11.0 Å². The molecule has 0 radical (unpaired) electrons. The molecule has 0 spiro atoms. The Hall–Kier alpha value is -1.90. The van der Waals surface area contributed by atoms with Gasteiger partial charge in [-0.1, -0.05) is 0 Å². The zero-order chi connectivity index (χ0) is 10.1. The molecule has 7 heteroatoms. The summed E-state index contributed by atoms with van der Waals surface area (Å²) >= 11 is 0. The van der Waals surface area contributed by atoms with Crippen LogP contribution in [-0.4, -0.2) is 29.2 Å². The van der Waals surface area contributed by atoms with Gasteiger partial charge in [0.15, 0.2) is 0 Å². The highest BCUT2D eigenvalue weighted by atomic mass is 28.1. The molecule has 0 bridgehead atoms. The zero-order valence-electron chi connectivity index (χ0n) is 5.64. The number of hydrogen-bond donors (Lipinski definition) is 3. The second-order valence-corrected chi connectivity index (χ2v) is 0.306. The van der Waals surface area contributed by atoms with Gasteiger partial charge < -0.3 is 0 Å². The Labute approximate surface area is 73.8 Å². The van der Waals surface area contributed by atoms with Crippen molar-refractivity contribution >= 4 is 29.2 Å². The summed E-state index contributed by atoms with van der Waals surface area (Å²) in [7, 11) is 0. The van der Waals surface area contributed by atoms with E-state index in [1.807, 2.05) is 0 Å². The van der Waals surface area contributed by atoms with Crippen LogP contribution in [0.4, 0.5) is 0 Å². The van der Waals surface area contributed by atoms with Crippen LogP contribution in [0.15, 0.2) is 13.2 Å². The molecule has 0 heterocycles. The largest absolute Gasteiger partial charge is 0.231 e. The van der Waals surface area contributed by atoms with E-state index in [1.165, 1.54) is 0 Å². The van der Waals surface area contributed by atoms with Gasteiger partial charge in [0.2, 0.25) is 18.2 Å². The first-order chi connectivity index (χ1) is 5.24. The van der Waals surface area contributed by atoms with E-state index in [1.54, 1.807) is 0 Å². The highest BCUT2D eigenvalue weighted by Gasteiger charge is 1.04. The molecule has 0 saturated carbocycles. The molecule has 0 fully saturated rings. The number of nitrogens with one attached hydrogen (secondary N) is 3. The van der Waals surface area contributed by atoms with Crippen LogP contribution < -0.4 is 0 Å². The zero-order valence-corrected chi connectivity index (χ0v) is 5.64. The van der Waals surface area contributed by atoms with Crippen molar-refractivity contribution in [1.82, 2.24) is 0 Å². The normalized spacial score (nSPS) is 2.33. The lowest BCUT2D eigenvalue weighted by atomic mass is 11.3. The second kappa shape index (κ2) is 496. The van der Waals surface area contributed by atoms with E-state index in [0.29, 0.717) is 0 Å². The minimum atomic E-state index is 0. The third kappa shape index (κ3) is 113. The maximum absolute atomic E-state index is 8.35. The second-order valence-electron chi connectivity index (χ2n) is 0.306. The van der Waals surface area contributed by atoms with Gasteiger partial charge in [0.25, 0.3) is 0 Å². The van der Waals surface area contributed by atoms with Crippen LogP contribution in [0.1, 0.15) is 0 Å². The average molecular weight is 189 g/mol. The van der Waals surface area contributed by atoms with Gasteiger partial charge in [0.1, 0.15) is 0 Å². The lowest BCUT2D eigenvalue weighted by molar-refractivity contribution is 0.562. The molecule has 0 saturated heterocycles. The average Bonchev–Trinajstić information content (AvgIpc) is 1.96. The minimum Gasteiger partial charge on any atom is -0.222 e. The van der Waals surface area contributed by atoms with Gasteiger partial charge in [-0.2, -0.15) is 0 Å². The predicted octanol–water partition coefficient (Wildman–Crippen LogP) is -0.946. The number of carbonyl (C=O) groups excluding carboxylic acids is 3. The van der Waals surface area contributed by atoms with Crippen LogP contribution >= 0.6 is 0 Å². The lowest BCUT2D eigenvalue weighted by Crippen LogP contribution is -1.16. The number of hydrogen-bond acceptors (Lipinski definition) is 6. The summed E-state index contributed by atoms with van der Waals surface area (Å²) in [4.78, 5) is 25.0. The highest BCUT2D eigenvalue weighted by molar-refractivity contribution is 5.75. The van der Waals surface area contributed by atoms with Gasteiger partial charge >= 0.3 is 0 Å². The molecule has 0 rings (SSSR count). The third-order valence-electron chi connectivity index (χ3n) is 0. The summed E-state index contributed by atoms with van der Waals surface area (Å²) in [5, 5.41) is 16.2. The summed E-state index contributed by atoms with van der Waals surface area (Å²) in [6.07, 6.45) is 2.25. The number of rotatable bonds is 0. The Morgan fingerprint density at radius 3 is 0.750 bits per heavy atom. The predicted molar refractivity (Wildman–Crippen MR) is 47.8 cm³/mol. The summed E-state index contributed by atoms with van der Waals surface area (Å²) < 4.78 is 0. The molecule has 3 N–H and O–H groups in total. The Balaban J connectivity index is -0.0000000179. The first-order valence-electron chi connectivity index (χ1n) is 1.86.